The van der Waals surface area contributed by atoms with Gasteiger partial charge in [0.05, 0.1) is 18.3 Å². The molecule has 21 heavy (non-hydrogen) atoms. The number of rotatable bonds is 6. The lowest BCUT2D eigenvalue weighted by Crippen LogP contribution is -2.39. The lowest BCUT2D eigenvalue weighted by atomic mass is 10.1. The van der Waals surface area contributed by atoms with Crippen LogP contribution in [0.4, 0.5) is 0 Å². The summed E-state index contributed by atoms with van der Waals surface area (Å²) in [6.07, 6.45) is 1.39. The number of hydrogen-bond donors (Lipinski definition) is 2. The molecule has 0 fully saturated rings. The van der Waals surface area contributed by atoms with Gasteiger partial charge in [0, 0.05) is 7.05 Å². The number of carbonyl (C=O) groups is 1. The molecule has 0 spiro atoms. The van der Waals surface area contributed by atoms with Crippen LogP contribution < -0.4 is 5.32 Å². The van der Waals surface area contributed by atoms with Crippen molar-refractivity contribution in [1.82, 2.24) is 15.1 Å². The van der Waals surface area contributed by atoms with Crippen molar-refractivity contribution in [3.63, 3.8) is 0 Å². The molecule has 1 atom stereocenters. The van der Waals surface area contributed by atoms with Crippen molar-refractivity contribution in [2.24, 2.45) is 7.05 Å². The number of carbonyl (C=O) groups excluding carboxylic acids is 1. The Bertz CT molecular complexity index is 593. The second-order valence-electron chi connectivity index (χ2n) is 5.04. The molecule has 2 rings (SSSR count). The van der Waals surface area contributed by atoms with Gasteiger partial charge in [0.15, 0.2) is 0 Å². The molecule has 0 aliphatic heterocycles. The molecule has 1 aromatic carbocycles. The highest BCUT2D eigenvalue weighted by Gasteiger charge is 2.17. The Hall–Kier alpha value is -2.14. The summed E-state index contributed by atoms with van der Waals surface area (Å²) in [4.78, 5) is 12.3. The number of aromatic nitrogens is 2. The van der Waals surface area contributed by atoms with Crippen LogP contribution in [0.25, 0.3) is 0 Å². The summed E-state index contributed by atoms with van der Waals surface area (Å²) in [5.41, 5.74) is 2.47. The Kier molecular flexibility index (Phi) is 5.11. The average molecular weight is 287 g/mol. The first-order chi connectivity index (χ1) is 10.1. The molecule has 5 heteroatoms. The van der Waals surface area contributed by atoms with E-state index in [0.29, 0.717) is 12.1 Å². The highest BCUT2D eigenvalue weighted by atomic mass is 16.3. The van der Waals surface area contributed by atoms with E-state index in [1.54, 1.807) is 17.8 Å². The van der Waals surface area contributed by atoms with E-state index in [2.05, 4.69) is 10.4 Å². The molecule has 1 aromatic heterocycles. The van der Waals surface area contributed by atoms with Crippen molar-refractivity contribution in [3.8, 4) is 0 Å². The van der Waals surface area contributed by atoms with E-state index >= 15 is 0 Å². The molecule has 2 N–H and O–H groups in total. The van der Waals surface area contributed by atoms with Crippen molar-refractivity contribution >= 4 is 5.91 Å². The maximum absolute atomic E-state index is 12.3. The van der Waals surface area contributed by atoms with Gasteiger partial charge in [-0.3, -0.25) is 9.48 Å². The molecule has 0 unspecified atom stereocenters. The summed E-state index contributed by atoms with van der Waals surface area (Å²) in [7, 11) is 1.75. The number of aliphatic hydroxyl groups is 1. The van der Waals surface area contributed by atoms with Crippen molar-refractivity contribution in [3.05, 3.63) is 53.3 Å². The lowest BCUT2D eigenvalue weighted by molar-refractivity contribution is 0.0907. The number of nitrogens with one attached hydrogen (secondary N) is 1. The van der Waals surface area contributed by atoms with Gasteiger partial charge in [-0.15, -0.1) is 0 Å². The van der Waals surface area contributed by atoms with E-state index < -0.39 is 0 Å². The third-order valence-corrected chi connectivity index (χ3v) is 3.41. The second-order valence-corrected chi connectivity index (χ2v) is 5.04. The maximum atomic E-state index is 12.3. The van der Waals surface area contributed by atoms with Gasteiger partial charge in [0.25, 0.3) is 5.91 Å². The van der Waals surface area contributed by atoms with E-state index in [-0.39, 0.29) is 18.6 Å². The molecular formula is C16H21N3O2. The van der Waals surface area contributed by atoms with Crippen LogP contribution in [-0.4, -0.2) is 33.4 Å². The normalized spacial score (nSPS) is 12.1. The quantitative estimate of drug-likeness (QED) is 0.842. The van der Waals surface area contributed by atoms with Crippen LogP contribution in [0, 0.1) is 0 Å². The largest absolute Gasteiger partial charge is 0.394 e. The topological polar surface area (TPSA) is 67.2 Å². The van der Waals surface area contributed by atoms with E-state index in [9.17, 15) is 9.90 Å². The van der Waals surface area contributed by atoms with Crippen molar-refractivity contribution in [1.29, 1.82) is 0 Å². The van der Waals surface area contributed by atoms with Crippen LogP contribution in [0.2, 0.25) is 0 Å². The summed E-state index contributed by atoms with van der Waals surface area (Å²) in [6.45, 7) is 1.90. The highest BCUT2D eigenvalue weighted by Crippen LogP contribution is 2.06. The van der Waals surface area contributed by atoms with Crippen LogP contribution in [0.1, 0.15) is 28.7 Å². The van der Waals surface area contributed by atoms with E-state index in [4.69, 9.17) is 0 Å². The zero-order valence-electron chi connectivity index (χ0n) is 12.4. The zero-order chi connectivity index (χ0) is 15.2. The lowest BCUT2D eigenvalue weighted by Gasteiger charge is -2.16. The Morgan fingerprint density at radius 1 is 1.38 bits per heavy atom. The van der Waals surface area contributed by atoms with Gasteiger partial charge in [0.1, 0.15) is 5.69 Å². The molecule has 0 aliphatic carbocycles. The van der Waals surface area contributed by atoms with Gasteiger partial charge in [-0.1, -0.05) is 37.3 Å². The fourth-order valence-electron chi connectivity index (χ4n) is 2.23. The van der Waals surface area contributed by atoms with E-state index in [1.165, 1.54) is 0 Å². The smallest absolute Gasteiger partial charge is 0.269 e. The van der Waals surface area contributed by atoms with Crippen LogP contribution in [0.15, 0.2) is 36.4 Å². The van der Waals surface area contributed by atoms with E-state index in [1.807, 2.05) is 37.3 Å². The predicted octanol–water partition coefficient (Wildman–Crippen LogP) is 1.32. The van der Waals surface area contributed by atoms with Crippen molar-refractivity contribution in [2.45, 2.75) is 25.8 Å². The molecule has 0 saturated heterocycles. The molecule has 1 amide bonds. The van der Waals surface area contributed by atoms with Gasteiger partial charge in [-0.05, 0) is 24.5 Å². The first-order valence-electron chi connectivity index (χ1n) is 7.12. The fourth-order valence-corrected chi connectivity index (χ4v) is 2.23. The Morgan fingerprint density at radius 2 is 2.10 bits per heavy atom. The molecule has 0 bridgehead atoms. The molecule has 0 radical (unpaired) electrons. The van der Waals surface area contributed by atoms with Crippen molar-refractivity contribution < 1.29 is 9.90 Å². The standard InChI is InChI=1S/C16H21N3O2/c1-3-13-10-15(19(2)18-13)16(21)17-14(11-20)9-12-7-5-4-6-8-12/h4-8,10,14,20H,3,9,11H2,1-2H3,(H,17,21)/t14-/m1/s1. The minimum atomic E-state index is -0.306. The molecular weight excluding hydrogens is 266 g/mol. The highest BCUT2D eigenvalue weighted by molar-refractivity contribution is 5.92. The third kappa shape index (κ3) is 3.92. The summed E-state index contributed by atoms with van der Waals surface area (Å²) in [5.74, 6) is -0.209. The first kappa shape index (κ1) is 15.3. The number of nitrogens with zero attached hydrogens (tertiary/aromatic N) is 2. The minimum absolute atomic E-state index is 0.0981. The van der Waals surface area contributed by atoms with Gasteiger partial charge >= 0.3 is 0 Å². The van der Waals surface area contributed by atoms with Crippen LogP contribution >= 0.6 is 0 Å². The Labute approximate surface area is 124 Å². The van der Waals surface area contributed by atoms with Crippen molar-refractivity contribution in [2.75, 3.05) is 6.61 Å². The van der Waals surface area contributed by atoms with Gasteiger partial charge < -0.3 is 10.4 Å². The molecule has 5 nitrogen and oxygen atoms in total. The SMILES string of the molecule is CCc1cc(C(=O)N[C@@H](CO)Cc2ccccc2)n(C)n1. The molecule has 0 aliphatic rings. The van der Waals surface area contributed by atoms with Gasteiger partial charge in [-0.25, -0.2) is 0 Å². The Balaban J connectivity index is 2.04. The van der Waals surface area contributed by atoms with Gasteiger partial charge in [0.2, 0.25) is 0 Å². The number of hydrogen-bond acceptors (Lipinski definition) is 3. The summed E-state index contributed by atoms with van der Waals surface area (Å²) in [5, 5.41) is 16.6. The molecule has 1 heterocycles. The minimum Gasteiger partial charge on any atom is -0.394 e. The number of aliphatic hydroxyl groups excluding tert-OH is 1. The van der Waals surface area contributed by atoms with Crippen LogP contribution in [0.5, 0.6) is 0 Å². The summed E-state index contributed by atoms with van der Waals surface area (Å²) < 4.78 is 1.57. The summed E-state index contributed by atoms with van der Waals surface area (Å²) >= 11 is 0. The van der Waals surface area contributed by atoms with Crippen LogP contribution in [0.3, 0.4) is 0 Å². The second kappa shape index (κ2) is 7.04. The number of aryl methyl sites for hydroxylation is 2. The van der Waals surface area contributed by atoms with Gasteiger partial charge in [-0.2, -0.15) is 5.10 Å². The first-order valence-corrected chi connectivity index (χ1v) is 7.12. The van der Waals surface area contributed by atoms with E-state index in [0.717, 1.165) is 17.7 Å². The average Bonchev–Trinajstić information content (AvgIpc) is 2.88. The zero-order valence-corrected chi connectivity index (χ0v) is 12.4. The molecule has 0 saturated carbocycles. The van der Waals surface area contributed by atoms with Crippen LogP contribution in [-0.2, 0) is 19.9 Å². The molecule has 112 valence electrons. The fraction of sp³-hybridized carbons (Fsp3) is 0.375. The number of benzene rings is 1. The monoisotopic (exact) mass is 287 g/mol. The molecule has 2 aromatic rings. The predicted molar refractivity (Wildman–Crippen MR) is 81.1 cm³/mol. The number of amides is 1. The summed E-state index contributed by atoms with van der Waals surface area (Å²) in [6, 6.07) is 11.3. The maximum Gasteiger partial charge on any atom is 0.269 e. The third-order valence-electron chi connectivity index (χ3n) is 3.41. The Morgan fingerprint density at radius 3 is 2.67 bits per heavy atom.